The van der Waals surface area contributed by atoms with Crippen molar-refractivity contribution in [3.8, 4) is 0 Å². The van der Waals surface area contributed by atoms with Crippen LogP contribution in [0, 0.1) is 0 Å². The van der Waals surface area contributed by atoms with Gasteiger partial charge in [0, 0.05) is 45.1 Å². The number of nitrogens with one attached hydrogen (secondary N) is 1. The van der Waals surface area contributed by atoms with Crippen LogP contribution in [0.4, 0.5) is 0 Å². The Hall–Kier alpha value is -1.62. The number of rotatable bonds is 4. The molecule has 2 heterocycles. The van der Waals surface area contributed by atoms with Crippen molar-refractivity contribution in [3.05, 3.63) is 35.9 Å². The van der Waals surface area contributed by atoms with Gasteiger partial charge in [-0.15, -0.1) is 0 Å². The van der Waals surface area contributed by atoms with Crippen molar-refractivity contribution in [1.29, 1.82) is 0 Å². The molecule has 2 aromatic heterocycles. The maximum atomic E-state index is 4.11. The van der Waals surface area contributed by atoms with Gasteiger partial charge in [-0.2, -0.15) is 10.2 Å². The van der Waals surface area contributed by atoms with Crippen LogP contribution >= 0.6 is 0 Å². The van der Waals surface area contributed by atoms with Crippen molar-refractivity contribution in [2.75, 3.05) is 0 Å². The van der Waals surface area contributed by atoms with Crippen LogP contribution in [0.3, 0.4) is 0 Å². The van der Waals surface area contributed by atoms with Gasteiger partial charge in [0.05, 0.1) is 11.9 Å². The van der Waals surface area contributed by atoms with Crippen molar-refractivity contribution >= 4 is 0 Å². The van der Waals surface area contributed by atoms with E-state index in [1.807, 2.05) is 37.2 Å². The van der Waals surface area contributed by atoms with Crippen molar-refractivity contribution in [1.82, 2.24) is 24.9 Å². The average Bonchev–Trinajstić information content (AvgIpc) is 2.77. The summed E-state index contributed by atoms with van der Waals surface area (Å²) in [6.07, 6.45) is 5.69. The predicted molar refractivity (Wildman–Crippen MR) is 57.0 cm³/mol. The molecule has 5 nitrogen and oxygen atoms in total. The molecule has 0 saturated heterocycles. The summed E-state index contributed by atoms with van der Waals surface area (Å²) in [5.41, 5.74) is 2.37. The topological polar surface area (TPSA) is 47.7 Å². The SMILES string of the molecule is Cn1cc(CNCc2ccnn2C)cn1. The first kappa shape index (κ1) is 9.92. The molecule has 0 radical (unpaired) electrons. The summed E-state index contributed by atoms with van der Waals surface area (Å²) in [6.45, 7) is 1.66. The van der Waals surface area contributed by atoms with Crippen molar-refractivity contribution in [3.63, 3.8) is 0 Å². The summed E-state index contributed by atoms with van der Waals surface area (Å²) < 4.78 is 3.68. The summed E-state index contributed by atoms with van der Waals surface area (Å²) in [5, 5.41) is 11.6. The summed E-state index contributed by atoms with van der Waals surface area (Å²) >= 11 is 0. The van der Waals surface area contributed by atoms with E-state index in [2.05, 4.69) is 15.5 Å². The molecule has 80 valence electrons. The minimum atomic E-state index is 0.825. The molecule has 0 unspecified atom stereocenters. The quantitative estimate of drug-likeness (QED) is 0.788. The Morgan fingerprint density at radius 2 is 2.13 bits per heavy atom. The van der Waals surface area contributed by atoms with Crippen LogP contribution in [0.2, 0.25) is 0 Å². The Balaban J connectivity index is 1.83. The van der Waals surface area contributed by atoms with Gasteiger partial charge in [-0.3, -0.25) is 9.36 Å². The Kier molecular flexibility index (Phi) is 2.82. The smallest absolute Gasteiger partial charge is 0.0534 e. The molecule has 0 aliphatic rings. The van der Waals surface area contributed by atoms with E-state index in [9.17, 15) is 0 Å². The first-order valence-electron chi connectivity index (χ1n) is 4.91. The lowest BCUT2D eigenvalue weighted by molar-refractivity contribution is 0.626. The summed E-state index contributed by atoms with van der Waals surface area (Å²) in [5.74, 6) is 0. The van der Waals surface area contributed by atoms with Gasteiger partial charge in [-0.1, -0.05) is 0 Å². The Bertz CT molecular complexity index is 428. The van der Waals surface area contributed by atoms with Gasteiger partial charge in [-0.25, -0.2) is 0 Å². The fourth-order valence-electron chi connectivity index (χ4n) is 1.47. The second kappa shape index (κ2) is 4.27. The minimum absolute atomic E-state index is 0.825. The second-order valence-corrected chi connectivity index (χ2v) is 3.57. The first-order valence-corrected chi connectivity index (χ1v) is 4.91. The van der Waals surface area contributed by atoms with Crippen molar-refractivity contribution < 1.29 is 0 Å². The summed E-state index contributed by atoms with van der Waals surface area (Å²) in [4.78, 5) is 0. The molecule has 0 amide bonds. The highest BCUT2D eigenvalue weighted by Gasteiger charge is 1.99. The van der Waals surface area contributed by atoms with Crippen LogP contribution in [0.5, 0.6) is 0 Å². The van der Waals surface area contributed by atoms with Gasteiger partial charge in [0.25, 0.3) is 0 Å². The van der Waals surface area contributed by atoms with Gasteiger partial charge in [-0.05, 0) is 6.07 Å². The second-order valence-electron chi connectivity index (χ2n) is 3.57. The molecule has 15 heavy (non-hydrogen) atoms. The van der Waals surface area contributed by atoms with Gasteiger partial charge in [0.1, 0.15) is 0 Å². The van der Waals surface area contributed by atoms with Crippen LogP contribution in [0.15, 0.2) is 24.7 Å². The van der Waals surface area contributed by atoms with E-state index < -0.39 is 0 Å². The predicted octanol–water partition coefficient (Wildman–Crippen LogP) is 0.443. The lowest BCUT2D eigenvalue weighted by atomic mass is 10.3. The number of hydrogen-bond donors (Lipinski definition) is 1. The molecule has 1 N–H and O–H groups in total. The Labute approximate surface area is 88.7 Å². The van der Waals surface area contributed by atoms with Crippen LogP contribution in [0.1, 0.15) is 11.3 Å². The molecular formula is C10H15N5. The molecule has 0 atom stereocenters. The highest BCUT2D eigenvalue weighted by molar-refractivity contribution is 5.04. The standard InChI is InChI=1S/C10H15N5/c1-14-8-9(6-13-14)5-11-7-10-3-4-12-15(10)2/h3-4,6,8,11H,5,7H2,1-2H3. The van der Waals surface area contributed by atoms with E-state index in [1.54, 1.807) is 10.9 Å². The van der Waals surface area contributed by atoms with Crippen molar-refractivity contribution in [2.24, 2.45) is 14.1 Å². The average molecular weight is 205 g/mol. The molecule has 0 aromatic carbocycles. The van der Waals surface area contributed by atoms with Gasteiger partial charge in [0.15, 0.2) is 0 Å². The minimum Gasteiger partial charge on any atom is -0.307 e. The van der Waals surface area contributed by atoms with Gasteiger partial charge < -0.3 is 5.32 Å². The maximum Gasteiger partial charge on any atom is 0.0534 e. The number of aryl methyl sites for hydroxylation is 2. The largest absolute Gasteiger partial charge is 0.307 e. The molecule has 0 spiro atoms. The third-order valence-electron chi connectivity index (χ3n) is 2.32. The van der Waals surface area contributed by atoms with E-state index in [0.717, 1.165) is 13.1 Å². The van der Waals surface area contributed by atoms with Crippen LogP contribution < -0.4 is 5.32 Å². The monoisotopic (exact) mass is 205 g/mol. The molecular weight excluding hydrogens is 190 g/mol. The van der Waals surface area contributed by atoms with Gasteiger partial charge >= 0.3 is 0 Å². The highest BCUT2D eigenvalue weighted by Crippen LogP contribution is 1.98. The summed E-state index contributed by atoms with van der Waals surface area (Å²) in [6, 6.07) is 2.01. The van der Waals surface area contributed by atoms with Gasteiger partial charge in [0.2, 0.25) is 0 Å². The Morgan fingerprint density at radius 1 is 1.27 bits per heavy atom. The summed E-state index contributed by atoms with van der Waals surface area (Å²) in [7, 11) is 3.87. The lowest BCUT2D eigenvalue weighted by Gasteiger charge is -2.03. The molecule has 0 aliphatic carbocycles. The number of hydrogen-bond acceptors (Lipinski definition) is 3. The zero-order chi connectivity index (χ0) is 10.7. The zero-order valence-corrected chi connectivity index (χ0v) is 9.01. The normalized spacial score (nSPS) is 10.8. The molecule has 0 aliphatic heterocycles. The number of aromatic nitrogens is 4. The van der Waals surface area contributed by atoms with E-state index >= 15 is 0 Å². The van der Waals surface area contributed by atoms with E-state index in [0.29, 0.717) is 0 Å². The fourth-order valence-corrected chi connectivity index (χ4v) is 1.47. The molecule has 0 saturated carbocycles. The van der Waals surface area contributed by atoms with E-state index in [4.69, 9.17) is 0 Å². The third kappa shape index (κ3) is 2.44. The lowest BCUT2D eigenvalue weighted by Crippen LogP contribution is -2.14. The Morgan fingerprint density at radius 3 is 2.73 bits per heavy atom. The molecule has 0 bridgehead atoms. The van der Waals surface area contributed by atoms with Crippen LogP contribution in [0.25, 0.3) is 0 Å². The third-order valence-corrected chi connectivity index (χ3v) is 2.32. The first-order chi connectivity index (χ1) is 7.25. The molecule has 2 aromatic rings. The molecule has 5 heteroatoms. The molecule has 0 fully saturated rings. The van der Waals surface area contributed by atoms with E-state index in [-0.39, 0.29) is 0 Å². The van der Waals surface area contributed by atoms with E-state index in [1.165, 1.54) is 11.3 Å². The number of nitrogens with zero attached hydrogens (tertiary/aromatic N) is 4. The highest BCUT2D eigenvalue weighted by atomic mass is 15.3. The van der Waals surface area contributed by atoms with Crippen LogP contribution in [-0.4, -0.2) is 19.6 Å². The zero-order valence-electron chi connectivity index (χ0n) is 9.01. The van der Waals surface area contributed by atoms with Crippen molar-refractivity contribution in [2.45, 2.75) is 13.1 Å². The fraction of sp³-hybridized carbons (Fsp3) is 0.400. The van der Waals surface area contributed by atoms with Crippen LogP contribution in [-0.2, 0) is 27.2 Å². The maximum absolute atomic E-state index is 4.11. The molecule has 2 rings (SSSR count).